The summed E-state index contributed by atoms with van der Waals surface area (Å²) in [6, 6.07) is 13.7. The fourth-order valence-corrected chi connectivity index (χ4v) is 4.47. The number of anilines is 1. The molecular weight excluding hydrogens is 419 g/mol. The van der Waals surface area contributed by atoms with E-state index in [0.29, 0.717) is 21.3 Å². The van der Waals surface area contributed by atoms with Gasteiger partial charge in [-0.1, -0.05) is 47.5 Å². The molecule has 30 heavy (non-hydrogen) atoms. The summed E-state index contributed by atoms with van der Waals surface area (Å²) in [5, 5.41) is 1.07. The Hall–Kier alpha value is -2.34. The van der Waals surface area contributed by atoms with Crippen molar-refractivity contribution >= 4 is 29.0 Å². The van der Waals surface area contributed by atoms with Crippen LogP contribution in [0.1, 0.15) is 37.0 Å². The fourth-order valence-electron chi connectivity index (χ4n) is 3.76. The predicted molar refractivity (Wildman–Crippen MR) is 122 cm³/mol. The van der Waals surface area contributed by atoms with Crippen LogP contribution in [-0.4, -0.2) is 28.0 Å². The molecule has 1 aliphatic rings. The lowest BCUT2D eigenvalue weighted by atomic mass is 10.1. The molecule has 1 fully saturated rings. The molecule has 1 saturated heterocycles. The maximum atomic E-state index is 6.31. The molecular formula is C23H24Cl2N4O. The van der Waals surface area contributed by atoms with Crippen LogP contribution in [0.3, 0.4) is 0 Å². The Balaban J connectivity index is 1.57. The van der Waals surface area contributed by atoms with Gasteiger partial charge in [0, 0.05) is 27.7 Å². The summed E-state index contributed by atoms with van der Waals surface area (Å²) in [6.07, 6.45) is 3.79. The van der Waals surface area contributed by atoms with Crippen molar-refractivity contribution in [2.45, 2.75) is 32.4 Å². The first kappa shape index (κ1) is 20.9. The van der Waals surface area contributed by atoms with E-state index < -0.39 is 6.10 Å². The molecule has 0 unspecified atom stereocenters. The van der Waals surface area contributed by atoms with E-state index >= 15 is 0 Å². The quantitative estimate of drug-likeness (QED) is 0.524. The summed E-state index contributed by atoms with van der Waals surface area (Å²) in [6.45, 7) is 5.12. The number of likely N-dealkylation sites (tertiary alicyclic amines) is 1. The van der Waals surface area contributed by atoms with Crippen LogP contribution in [0.15, 0.2) is 48.7 Å². The summed E-state index contributed by atoms with van der Waals surface area (Å²) in [5.74, 6) is 0.489. The zero-order valence-electron chi connectivity index (χ0n) is 16.8. The van der Waals surface area contributed by atoms with E-state index in [4.69, 9.17) is 33.7 Å². The third kappa shape index (κ3) is 4.69. The van der Waals surface area contributed by atoms with Gasteiger partial charge in [-0.3, -0.25) is 4.90 Å². The lowest BCUT2D eigenvalue weighted by Gasteiger charge is -2.18. The smallest absolute Gasteiger partial charge is 0.258 e. The van der Waals surface area contributed by atoms with E-state index in [0.717, 1.165) is 25.2 Å². The van der Waals surface area contributed by atoms with E-state index in [1.54, 1.807) is 24.4 Å². The monoisotopic (exact) mass is 442 g/mol. The van der Waals surface area contributed by atoms with Crippen LogP contribution in [0.2, 0.25) is 10.0 Å². The van der Waals surface area contributed by atoms with Gasteiger partial charge in [-0.15, -0.1) is 0 Å². The van der Waals surface area contributed by atoms with Gasteiger partial charge in [0.05, 0.1) is 11.9 Å². The van der Waals surface area contributed by atoms with Gasteiger partial charge in [0.15, 0.2) is 5.82 Å². The number of hydrogen-bond donors (Lipinski definition) is 1. The molecule has 4 rings (SSSR count). The van der Waals surface area contributed by atoms with E-state index in [1.807, 2.05) is 19.1 Å². The highest BCUT2D eigenvalue weighted by atomic mass is 35.5. The van der Waals surface area contributed by atoms with Gasteiger partial charge in [-0.05, 0) is 56.6 Å². The highest BCUT2D eigenvalue weighted by Crippen LogP contribution is 2.34. The molecule has 1 aromatic heterocycles. The summed E-state index contributed by atoms with van der Waals surface area (Å²) >= 11 is 12.6. The number of hydrogen-bond acceptors (Lipinski definition) is 5. The Kier molecular flexibility index (Phi) is 6.42. The molecule has 0 saturated carbocycles. The van der Waals surface area contributed by atoms with Crippen LogP contribution in [0, 0.1) is 0 Å². The third-order valence-corrected chi connectivity index (χ3v) is 5.95. The summed E-state index contributed by atoms with van der Waals surface area (Å²) in [7, 11) is 0. The van der Waals surface area contributed by atoms with Crippen molar-refractivity contribution in [1.82, 2.24) is 14.9 Å². The third-order valence-electron chi connectivity index (χ3n) is 5.29. The molecule has 2 heterocycles. The minimum atomic E-state index is -0.431. The van der Waals surface area contributed by atoms with E-state index in [-0.39, 0.29) is 11.7 Å². The highest BCUT2D eigenvalue weighted by Gasteiger charge is 2.18. The van der Waals surface area contributed by atoms with Gasteiger partial charge in [0.1, 0.15) is 6.10 Å². The van der Waals surface area contributed by atoms with Gasteiger partial charge in [0.25, 0.3) is 5.88 Å². The zero-order chi connectivity index (χ0) is 21.1. The Bertz CT molecular complexity index is 1020. The van der Waals surface area contributed by atoms with Crippen molar-refractivity contribution in [2.24, 2.45) is 0 Å². The molecule has 3 aromatic rings. The summed E-state index contributed by atoms with van der Waals surface area (Å²) < 4.78 is 6.02. The molecule has 5 nitrogen and oxygen atoms in total. The van der Waals surface area contributed by atoms with Gasteiger partial charge < -0.3 is 10.5 Å². The average Bonchev–Trinajstić information content (AvgIpc) is 3.23. The van der Waals surface area contributed by atoms with Crippen LogP contribution >= 0.6 is 23.2 Å². The van der Waals surface area contributed by atoms with Gasteiger partial charge >= 0.3 is 0 Å². The Morgan fingerprint density at radius 3 is 2.53 bits per heavy atom. The SMILES string of the molecule is C[C@H](Oc1nc(-c2cccc(CN3CCCC3)c2)cnc1N)c1c(Cl)cccc1Cl. The van der Waals surface area contributed by atoms with Crippen LogP contribution in [0.5, 0.6) is 5.88 Å². The van der Waals surface area contributed by atoms with Gasteiger partial charge in [-0.2, -0.15) is 0 Å². The first-order valence-electron chi connectivity index (χ1n) is 10.1. The average molecular weight is 443 g/mol. The zero-order valence-corrected chi connectivity index (χ0v) is 18.3. The van der Waals surface area contributed by atoms with Crippen LogP contribution in [-0.2, 0) is 6.54 Å². The van der Waals surface area contributed by atoms with Crippen LogP contribution < -0.4 is 10.5 Å². The highest BCUT2D eigenvalue weighted by molar-refractivity contribution is 6.36. The molecule has 1 atom stereocenters. The molecule has 2 N–H and O–H groups in total. The van der Waals surface area contributed by atoms with Crippen LogP contribution in [0.4, 0.5) is 5.82 Å². The van der Waals surface area contributed by atoms with E-state index in [1.165, 1.54) is 18.4 Å². The molecule has 0 spiro atoms. The minimum absolute atomic E-state index is 0.224. The summed E-state index contributed by atoms with van der Waals surface area (Å²) in [4.78, 5) is 11.4. The topological polar surface area (TPSA) is 64.3 Å². The Morgan fingerprint density at radius 1 is 1.10 bits per heavy atom. The lowest BCUT2D eigenvalue weighted by Crippen LogP contribution is -2.18. The molecule has 0 aliphatic carbocycles. The number of halogens is 2. The van der Waals surface area contributed by atoms with Crippen LogP contribution in [0.25, 0.3) is 11.3 Å². The first-order chi connectivity index (χ1) is 14.5. The van der Waals surface area contributed by atoms with E-state index in [2.05, 4.69) is 27.0 Å². The van der Waals surface area contributed by atoms with Crippen molar-refractivity contribution < 1.29 is 4.74 Å². The molecule has 1 aliphatic heterocycles. The Labute approximate surface area is 186 Å². The number of benzene rings is 2. The second kappa shape index (κ2) is 9.21. The second-order valence-corrected chi connectivity index (χ2v) is 8.34. The molecule has 7 heteroatoms. The maximum absolute atomic E-state index is 6.31. The number of rotatable bonds is 6. The number of nitrogens with zero attached hydrogens (tertiary/aromatic N) is 3. The maximum Gasteiger partial charge on any atom is 0.258 e. The normalized spacial score (nSPS) is 15.3. The van der Waals surface area contributed by atoms with Crippen molar-refractivity contribution in [2.75, 3.05) is 18.8 Å². The van der Waals surface area contributed by atoms with E-state index in [9.17, 15) is 0 Å². The first-order valence-corrected chi connectivity index (χ1v) is 10.8. The number of ether oxygens (including phenoxy) is 1. The molecule has 2 aromatic carbocycles. The largest absolute Gasteiger partial charge is 0.467 e. The summed E-state index contributed by atoms with van der Waals surface area (Å²) in [5.41, 5.74) is 9.68. The van der Waals surface area contributed by atoms with Crippen molar-refractivity contribution in [3.8, 4) is 17.1 Å². The van der Waals surface area contributed by atoms with Crippen molar-refractivity contribution in [3.05, 3.63) is 69.8 Å². The number of nitrogen functional groups attached to an aromatic ring is 1. The van der Waals surface area contributed by atoms with Gasteiger partial charge in [-0.25, -0.2) is 9.97 Å². The lowest BCUT2D eigenvalue weighted by molar-refractivity contribution is 0.218. The minimum Gasteiger partial charge on any atom is -0.467 e. The van der Waals surface area contributed by atoms with Gasteiger partial charge in [0.2, 0.25) is 0 Å². The molecule has 0 bridgehead atoms. The predicted octanol–water partition coefficient (Wildman–Crippen LogP) is 5.77. The van der Waals surface area contributed by atoms with Crippen molar-refractivity contribution in [1.29, 1.82) is 0 Å². The Morgan fingerprint density at radius 2 is 1.80 bits per heavy atom. The molecule has 156 valence electrons. The fraction of sp³-hybridized carbons (Fsp3) is 0.304. The molecule has 0 radical (unpaired) electrons. The van der Waals surface area contributed by atoms with Crippen molar-refractivity contribution in [3.63, 3.8) is 0 Å². The number of aromatic nitrogens is 2. The second-order valence-electron chi connectivity index (χ2n) is 7.52. The number of nitrogens with two attached hydrogens (primary N) is 1. The standard InChI is InChI=1S/C23H24Cl2N4O/c1-15(21-18(24)8-5-9-19(21)25)30-23-22(26)27-13-20(28-23)17-7-4-6-16(12-17)14-29-10-2-3-11-29/h4-9,12-13,15H,2-3,10-11,14H2,1H3,(H2,26,27)/t15-/m0/s1. The molecule has 0 amide bonds.